The van der Waals surface area contributed by atoms with Crippen molar-refractivity contribution in [1.29, 1.82) is 0 Å². The molecule has 35 heavy (non-hydrogen) atoms. The molecule has 2 fully saturated rings. The predicted octanol–water partition coefficient (Wildman–Crippen LogP) is 7.13. The number of oxazole rings is 1. The fourth-order valence-corrected chi connectivity index (χ4v) is 5.58. The first kappa shape index (κ1) is 23.7. The maximum absolute atomic E-state index is 11.5. The van der Waals surface area contributed by atoms with Crippen molar-refractivity contribution >= 4 is 28.9 Å². The third-order valence-electron chi connectivity index (χ3n) is 7.48. The summed E-state index contributed by atoms with van der Waals surface area (Å²) in [6.07, 6.45) is 17.2. The van der Waals surface area contributed by atoms with E-state index in [4.69, 9.17) is 9.40 Å². The molecule has 0 spiro atoms. The summed E-state index contributed by atoms with van der Waals surface area (Å²) in [5, 5.41) is 12.9. The largest absolute Gasteiger partial charge is 0.481 e. The standard InChI is InChI=1S/C29H37N3O3/c1-19(2)17-32(22-11-7-4-8-12-22)27-14-13-21(23-16-24(23)28(33)34)15-25(27)30-29-31-26(18-35-29)20-9-5-3-6-10-20/h5,9-10,13-15,18-19,22-24H,3-4,6-8,11-12,16-17H2,1-2H3,(H,30,31)(H,33,34). The maximum atomic E-state index is 11.5. The van der Waals surface area contributed by atoms with Crippen molar-refractivity contribution < 1.29 is 14.3 Å². The number of benzene rings is 1. The van der Waals surface area contributed by atoms with Crippen molar-refractivity contribution in [2.45, 2.75) is 77.2 Å². The zero-order valence-corrected chi connectivity index (χ0v) is 20.9. The van der Waals surface area contributed by atoms with Crippen LogP contribution in [0, 0.1) is 11.8 Å². The van der Waals surface area contributed by atoms with Crippen LogP contribution in [-0.2, 0) is 4.79 Å². The number of rotatable bonds is 9. The zero-order chi connectivity index (χ0) is 24.4. The van der Waals surface area contributed by atoms with Gasteiger partial charge in [-0.1, -0.05) is 57.4 Å². The Balaban J connectivity index is 1.47. The number of hydrogen-bond donors (Lipinski definition) is 2. The van der Waals surface area contributed by atoms with Gasteiger partial charge in [0.25, 0.3) is 6.01 Å². The molecule has 2 aromatic rings. The number of aliphatic carboxylic acids is 1. The lowest BCUT2D eigenvalue weighted by atomic mass is 9.92. The Morgan fingerprint density at radius 1 is 1.23 bits per heavy atom. The molecule has 5 rings (SSSR count). The van der Waals surface area contributed by atoms with Gasteiger partial charge in [-0.05, 0) is 67.2 Å². The molecule has 6 nitrogen and oxygen atoms in total. The van der Waals surface area contributed by atoms with Crippen LogP contribution in [-0.4, -0.2) is 28.6 Å². The van der Waals surface area contributed by atoms with Gasteiger partial charge in [-0.25, -0.2) is 0 Å². The number of carboxylic acids is 1. The molecule has 0 aliphatic heterocycles. The molecule has 6 heteroatoms. The van der Waals surface area contributed by atoms with E-state index in [1.807, 2.05) is 0 Å². The normalized spacial score (nSPS) is 22.2. The first-order valence-electron chi connectivity index (χ1n) is 13.2. The van der Waals surface area contributed by atoms with Gasteiger partial charge < -0.3 is 19.7 Å². The highest BCUT2D eigenvalue weighted by atomic mass is 16.4. The van der Waals surface area contributed by atoms with E-state index < -0.39 is 5.97 Å². The first-order valence-corrected chi connectivity index (χ1v) is 13.2. The van der Waals surface area contributed by atoms with Crippen molar-refractivity contribution in [3.8, 4) is 0 Å². The van der Waals surface area contributed by atoms with Crippen molar-refractivity contribution in [2.75, 3.05) is 16.8 Å². The molecule has 186 valence electrons. The lowest BCUT2D eigenvalue weighted by Crippen LogP contribution is -2.39. The van der Waals surface area contributed by atoms with E-state index in [1.54, 1.807) is 6.26 Å². The number of nitrogens with one attached hydrogen (secondary N) is 1. The van der Waals surface area contributed by atoms with Crippen LogP contribution in [0.4, 0.5) is 17.4 Å². The summed E-state index contributed by atoms with van der Waals surface area (Å²) in [5.74, 6) is -0.379. The number of hydrogen-bond acceptors (Lipinski definition) is 5. The SMILES string of the molecule is CC(C)CN(c1ccc(C2CC2C(=O)O)cc1Nc1nc(C2=CCCC=C2)co1)C1CCCCC1. The molecular formula is C29H37N3O3. The molecular weight excluding hydrogens is 438 g/mol. The second kappa shape index (κ2) is 10.3. The number of nitrogens with zero attached hydrogens (tertiary/aromatic N) is 2. The van der Waals surface area contributed by atoms with Crippen LogP contribution in [0.15, 0.2) is 47.1 Å². The number of allylic oxidation sites excluding steroid dienone is 4. The molecule has 3 aliphatic rings. The first-order chi connectivity index (χ1) is 17.0. The summed E-state index contributed by atoms with van der Waals surface area (Å²) in [6.45, 7) is 5.52. The van der Waals surface area contributed by atoms with E-state index in [9.17, 15) is 9.90 Å². The fraction of sp³-hybridized carbons (Fsp3) is 0.517. The molecule has 2 N–H and O–H groups in total. The molecule has 0 radical (unpaired) electrons. The monoisotopic (exact) mass is 475 g/mol. The van der Waals surface area contributed by atoms with Crippen molar-refractivity contribution in [3.05, 3.63) is 53.9 Å². The van der Waals surface area contributed by atoms with Crippen LogP contribution in [0.1, 0.15) is 82.4 Å². The van der Waals surface area contributed by atoms with E-state index in [0.717, 1.165) is 47.6 Å². The molecule has 3 aliphatic carbocycles. The van der Waals surface area contributed by atoms with Gasteiger partial charge in [0.05, 0.1) is 17.3 Å². The lowest BCUT2D eigenvalue weighted by Gasteiger charge is -2.38. The highest BCUT2D eigenvalue weighted by Gasteiger charge is 2.44. The Bertz CT molecular complexity index is 1110. The van der Waals surface area contributed by atoms with Crippen LogP contribution in [0.5, 0.6) is 0 Å². The number of anilines is 3. The highest BCUT2D eigenvalue weighted by Crippen LogP contribution is 2.49. The average molecular weight is 476 g/mol. The minimum atomic E-state index is -0.705. The van der Waals surface area contributed by atoms with Crippen molar-refractivity contribution in [1.82, 2.24) is 4.98 Å². The lowest BCUT2D eigenvalue weighted by molar-refractivity contribution is -0.138. The maximum Gasteiger partial charge on any atom is 0.307 e. The summed E-state index contributed by atoms with van der Waals surface area (Å²) in [5.41, 5.74) is 5.10. The molecule has 2 unspecified atom stereocenters. The average Bonchev–Trinajstić information content (AvgIpc) is 3.55. The van der Waals surface area contributed by atoms with E-state index in [1.165, 1.54) is 32.1 Å². The van der Waals surface area contributed by atoms with Gasteiger partial charge in [-0.3, -0.25) is 4.79 Å². The van der Waals surface area contributed by atoms with Crippen LogP contribution < -0.4 is 10.2 Å². The molecule has 0 bridgehead atoms. The molecule has 2 atom stereocenters. The highest BCUT2D eigenvalue weighted by molar-refractivity contribution is 5.79. The van der Waals surface area contributed by atoms with Gasteiger partial charge in [-0.15, -0.1) is 0 Å². The van der Waals surface area contributed by atoms with E-state index in [2.05, 4.69) is 60.5 Å². The molecule has 0 amide bonds. The predicted molar refractivity (Wildman–Crippen MR) is 140 cm³/mol. The van der Waals surface area contributed by atoms with Crippen LogP contribution in [0.25, 0.3) is 5.57 Å². The summed E-state index contributed by atoms with van der Waals surface area (Å²) in [6, 6.07) is 7.42. The van der Waals surface area contributed by atoms with Crippen LogP contribution in [0.3, 0.4) is 0 Å². The molecule has 0 saturated heterocycles. The number of aromatic nitrogens is 1. The van der Waals surface area contributed by atoms with E-state index >= 15 is 0 Å². The van der Waals surface area contributed by atoms with Crippen LogP contribution >= 0.6 is 0 Å². The quantitative estimate of drug-likeness (QED) is 0.401. The van der Waals surface area contributed by atoms with E-state index in [0.29, 0.717) is 24.4 Å². The van der Waals surface area contributed by atoms with E-state index in [-0.39, 0.29) is 11.8 Å². The van der Waals surface area contributed by atoms with Gasteiger partial charge in [0.2, 0.25) is 0 Å². The van der Waals surface area contributed by atoms with Gasteiger partial charge in [0.1, 0.15) is 12.0 Å². The zero-order valence-electron chi connectivity index (χ0n) is 20.9. The fourth-order valence-electron chi connectivity index (χ4n) is 5.58. The Hall–Kier alpha value is -3.02. The summed E-state index contributed by atoms with van der Waals surface area (Å²) in [7, 11) is 0. The van der Waals surface area contributed by atoms with Crippen LogP contribution in [0.2, 0.25) is 0 Å². The number of carbonyl (C=O) groups is 1. The summed E-state index contributed by atoms with van der Waals surface area (Å²) >= 11 is 0. The third kappa shape index (κ3) is 5.47. The van der Waals surface area contributed by atoms with Gasteiger partial charge in [0, 0.05) is 12.6 Å². The Morgan fingerprint density at radius 2 is 2.06 bits per heavy atom. The topological polar surface area (TPSA) is 78.6 Å². The smallest absolute Gasteiger partial charge is 0.307 e. The van der Waals surface area contributed by atoms with Gasteiger partial charge >= 0.3 is 5.97 Å². The van der Waals surface area contributed by atoms with Crippen molar-refractivity contribution in [3.63, 3.8) is 0 Å². The van der Waals surface area contributed by atoms with Crippen molar-refractivity contribution in [2.24, 2.45) is 11.8 Å². The Morgan fingerprint density at radius 3 is 2.74 bits per heavy atom. The minimum Gasteiger partial charge on any atom is -0.481 e. The molecule has 1 aromatic heterocycles. The Kier molecular flexibility index (Phi) is 6.98. The van der Waals surface area contributed by atoms with Gasteiger partial charge in [-0.2, -0.15) is 4.98 Å². The second-order valence-electron chi connectivity index (χ2n) is 10.7. The second-order valence-corrected chi connectivity index (χ2v) is 10.7. The summed E-state index contributed by atoms with van der Waals surface area (Å²) < 4.78 is 5.85. The number of carboxylic acid groups (broad SMARTS) is 1. The summed E-state index contributed by atoms with van der Waals surface area (Å²) in [4.78, 5) is 18.8. The third-order valence-corrected chi connectivity index (χ3v) is 7.48. The van der Waals surface area contributed by atoms with Gasteiger partial charge in [0.15, 0.2) is 0 Å². The molecule has 1 heterocycles. The molecule has 2 saturated carbocycles. The minimum absolute atomic E-state index is 0.0768. The Labute approximate surface area is 208 Å². The molecule has 1 aromatic carbocycles.